The SMILES string of the molecule is C.C/C=C/c1ccc(C)cc1. The van der Waals surface area contributed by atoms with Gasteiger partial charge in [-0.05, 0) is 19.4 Å². The van der Waals surface area contributed by atoms with Crippen LogP contribution in [0.25, 0.3) is 6.08 Å². The molecule has 0 aliphatic heterocycles. The maximum absolute atomic E-state index is 2.12. The zero-order valence-corrected chi connectivity index (χ0v) is 6.46. The van der Waals surface area contributed by atoms with Crippen molar-refractivity contribution in [2.45, 2.75) is 21.3 Å². The van der Waals surface area contributed by atoms with E-state index in [2.05, 4.69) is 37.3 Å². The molecular weight excluding hydrogens is 132 g/mol. The standard InChI is InChI=1S/C10H12.CH4/c1-3-4-10-7-5-9(2)6-8-10;/h3-8H,1-2H3;1H4/b4-3+;. The molecule has 0 aliphatic carbocycles. The number of aryl methyl sites for hydroxylation is 1. The molecular formula is C11H16. The van der Waals surface area contributed by atoms with Crippen molar-refractivity contribution in [1.82, 2.24) is 0 Å². The molecule has 0 fully saturated rings. The molecule has 0 atom stereocenters. The average molecular weight is 148 g/mol. The van der Waals surface area contributed by atoms with Crippen molar-refractivity contribution in [2.75, 3.05) is 0 Å². The molecule has 0 N–H and O–H groups in total. The van der Waals surface area contributed by atoms with Crippen molar-refractivity contribution in [1.29, 1.82) is 0 Å². The third-order valence-electron chi connectivity index (χ3n) is 1.44. The van der Waals surface area contributed by atoms with Crippen LogP contribution >= 0.6 is 0 Å². The van der Waals surface area contributed by atoms with Crippen LogP contribution in [0, 0.1) is 6.92 Å². The maximum Gasteiger partial charge on any atom is -0.0260 e. The Bertz CT molecular complexity index is 216. The molecule has 1 rings (SSSR count). The van der Waals surface area contributed by atoms with Gasteiger partial charge in [-0.1, -0.05) is 49.4 Å². The Morgan fingerprint density at radius 3 is 2.09 bits per heavy atom. The Morgan fingerprint density at radius 2 is 1.64 bits per heavy atom. The first-order valence-corrected chi connectivity index (χ1v) is 3.52. The van der Waals surface area contributed by atoms with Gasteiger partial charge in [-0.15, -0.1) is 0 Å². The van der Waals surface area contributed by atoms with E-state index in [1.165, 1.54) is 11.1 Å². The Morgan fingerprint density at radius 1 is 1.09 bits per heavy atom. The first-order chi connectivity index (χ1) is 4.83. The van der Waals surface area contributed by atoms with Crippen LogP contribution in [0.15, 0.2) is 30.3 Å². The summed E-state index contributed by atoms with van der Waals surface area (Å²) in [4.78, 5) is 0. The molecule has 1 aromatic carbocycles. The molecule has 0 saturated heterocycles. The zero-order chi connectivity index (χ0) is 7.40. The number of rotatable bonds is 1. The highest BCUT2D eigenvalue weighted by Crippen LogP contribution is 2.04. The van der Waals surface area contributed by atoms with Crippen LogP contribution in [-0.2, 0) is 0 Å². The number of allylic oxidation sites excluding steroid dienone is 1. The first kappa shape index (κ1) is 9.96. The fourth-order valence-corrected chi connectivity index (χ4v) is 0.870. The highest BCUT2D eigenvalue weighted by atomic mass is 13.9. The van der Waals surface area contributed by atoms with Gasteiger partial charge >= 0.3 is 0 Å². The van der Waals surface area contributed by atoms with Gasteiger partial charge in [0.1, 0.15) is 0 Å². The van der Waals surface area contributed by atoms with E-state index in [-0.39, 0.29) is 7.43 Å². The predicted molar refractivity (Wildman–Crippen MR) is 52.6 cm³/mol. The molecule has 60 valence electrons. The molecule has 0 spiro atoms. The van der Waals surface area contributed by atoms with E-state index < -0.39 is 0 Å². The van der Waals surface area contributed by atoms with Crippen LogP contribution in [0.1, 0.15) is 25.5 Å². The van der Waals surface area contributed by atoms with Crippen LogP contribution in [0.2, 0.25) is 0 Å². The summed E-state index contributed by atoms with van der Waals surface area (Å²) in [6.45, 7) is 4.12. The number of benzene rings is 1. The second-order valence-corrected chi connectivity index (χ2v) is 2.41. The Hall–Kier alpha value is -1.04. The van der Waals surface area contributed by atoms with E-state index in [9.17, 15) is 0 Å². The lowest BCUT2D eigenvalue weighted by Crippen LogP contribution is -1.71. The van der Waals surface area contributed by atoms with Crippen molar-refractivity contribution < 1.29 is 0 Å². The summed E-state index contributed by atoms with van der Waals surface area (Å²) in [5, 5.41) is 0. The van der Waals surface area contributed by atoms with Crippen LogP contribution in [0.4, 0.5) is 0 Å². The number of hydrogen-bond donors (Lipinski definition) is 0. The summed E-state index contributed by atoms with van der Waals surface area (Å²) in [7, 11) is 0. The lowest BCUT2D eigenvalue weighted by molar-refractivity contribution is 1.46. The quantitative estimate of drug-likeness (QED) is 0.570. The normalized spacial score (nSPS) is 9.64. The highest BCUT2D eigenvalue weighted by molar-refractivity contribution is 5.48. The van der Waals surface area contributed by atoms with Crippen molar-refractivity contribution >= 4 is 6.08 Å². The molecule has 11 heavy (non-hydrogen) atoms. The van der Waals surface area contributed by atoms with E-state index in [1.54, 1.807) is 0 Å². The van der Waals surface area contributed by atoms with Crippen molar-refractivity contribution in [2.24, 2.45) is 0 Å². The first-order valence-electron chi connectivity index (χ1n) is 3.52. The van der Waals surface area contributed by atoms with Crippen LogP contribution in [-0.4, -0.2) is 0 Å². The van der Waals surface area contributed by atoms with Gasteiger partial charge in [-0.2, -0.15) is 0 Å². The van der Waals surface area contributed by atoms with Crippen molar-refractivity contribution in [3.8, 4) is 0 Å². The Labute approximate surface area is 69.6 Å². The minimum atomic E-state index is 0. The van der Waals surface area contributed by atoms with Gasteiger partial charge < -0.3 is 0 Å². The molecule has 0 bridgehead atoms. The molecule has 0 radical (unpaired) electrons. The van der Waals surface area contributed by atoms with E-state index in [0.717, 1.165) is 0 Å². The average Bonchev–Trinajstić information content (AvgIpc) is 1.95. The van der Waals surface area contributed by atoms with Crippen LogP contribution in [0.3, 0.4) is 0 Å². The van der Waals surface area contributed by atoms with E-state index >= 15 is 0 Å². The zero-order valence-electron chi connectivity index (χ0n) is 6.46. The fourth-order valence-electron chi connectivity index (χ4n) is 0.870. The predicted octanol–water partition coefficient (Wildman–Crippen LogP) is 3.66. The summed E-state index contributed by atoms with van der Waals surface area (Å²) >= 11 is 0. The molecule has 0 amide bonds. The van der Waals surface area contributed by atoms with Gasteiger partial charge in [0, 0.05) is 0 Å². The molecule has 1 aromatic rings. The van der Waals surface area contributed by atoms with Crippen molar-refractivity contribution in [3.05, 3.63) is 41.5 Å². The van der Waals surface area contributed by atoms with E-state index in [4.69, 9.17) is 0 Å². The summed E-state index contributed by atoms with van der Waals surface area (Å²) in [5.41, 5.74) is 2.58. The lowest BCUT2D eigenvalue weighted by Gasteiger charge is -1.92. The molecule has 0 unspecified atom stereocenters. The summed E-state index contributed by atoms with van der Waals surface area (Å²) in [5.74, 6) is 0. The number of hydrogen-bond acceptors (Lipinski definition) is 0. The lowest BCUT2D eigenvalue weighted by atomic mass is 10.1. The second-order valence-electron chi connectivity index (χ2n) is 2.41. The fraction of sp³-hybridized carbons (Fsp3) is 0.273. The molecule has 0 saturated carbocycles. The minimum absolute atomic E-state index is 0. The van der Waals surface area contributed by atoms with Gasteiger partial charge in [-0.3, -0.25) is 0 Å². The molecule has 0 aromatic heterocycles. The summed E-state index contributed by atoms with van der Waals surface area (Å²) in [6.07, 6.45) is 4.14. The summed E-state index contributed by atoms with van der Waals surface area (Å²) in [6, 6.07) is 8.48. The third kappa shape index (κ3) is 3.03. The van der Waals surface area contributed by atoms with Gasteiger partial charge in [0.05, 0.1) is 0 Å². The molecule has 0 heterocycles. The maximum atomic E-state index is 2.12. The van der Waals surface area contributed by atoms with E-state index in [0.29, 0.717) is 0 Å². The van der Waals surface area contributed by atoms with Gasteiger partial charge in [-0.25, -0.2) is 0 Å². The largest absolute Gasteiger partial charge is 0.0871 e. The highest BCUT2D eigenvalue weighted by Gasteiger charge is 1.83. The smallest absolute Gasteiger partial charge is 0.0260 e. The van der Waals surface area contributed by atoms with Crippen LogP contribution < -0.4 is 0 Å². The molecule has 0 nitrogen and oxygen atoms in total. The Balaban J connectivity index is 0.000001000. The van der Waals surface area contributed by atoms with E-state index in [1.807, 2.05) is 13.0 Å². The third-order valence-corrected chi connectivity index (χ3v) is 1.44. The van der Waals surface area contributed by atoms with Crippen molar-refractivity contribution in [3.63, 3.8) is 0 Å². The van der Waals surface area contributed by atoms with Gasteiger partial charge in [0.25, 0.3) is 0 Å². The topological polar surface area (TPSA) is 0 Å². The monoisotopic (exact) mass is 148 g/mol. The second kappa shape index (κ2) is 4.73. The Kier molecular flexibility index (Phi) is 4.28. The van der Waals surface area contributed by atoms with Crippen LogP contribution in [0.5, 0.6) is 0 Å². The molecule has 0 aliphatic rings. The molecule has 0 heteroatoms. The minimum Gasteiger partial charge on any atom is -0.0871 e. The van der Waals surface area contributed by atoms with Gasteiger partial charge in [0.15, 0.2) is 0 Å². The summed E-state index contributed by atoms with van der Waals surface area (Å²) < 4.78 is 0. The van der Waals surface area contributed by atoms with Gasteiger partial charge in [0.2, 0.25) is 0 Å².